The summed E-state index contributed by atoms with van der Waals surface area (Å²) >= 11 is 0. The van der Waals surface area contributed by atoms with Gasteiger partial charge in [0, 0.05) is 22.5 Å². The number of hydrogen-bond donors (Lipinski definition) is 3. The number of nitrogen functional groups attached to an aromatic ring is 3. The molecule has 1 heterocycles. The zero-order valence-corrected chi connectivity index (χ0v) is 10.7. The summed E-state index contributed by atoms with van der Waals surface area (Å²) < 4.78 is 1.46. The fourth-order valence-electron chi connectivity index (χ4n) is 1.95. The van der Waals surface area contributed by atoms with Crippen LogP contribution in [-0.4, -0.2) is 14.9 Å². The first-order valence-electron chi connectivity index (χ1n) is 6.07. The van der Waals surface area contributed by atoms with Crippen LogP contribution in [0.4, 0.5) is 11.4 Å². The Bertz CT molecular complexity index is 664. The van der Waals surface area contributed by atoms with Crippen molar-refractivity contribution >= 4 is 11.4 Å². The number of rotatable bonds is 2. The van der Waals surface area contributed by atoms with Gasteiger partial charge in [0.25, 0.3) is 0 Å². The fourth-order valence-corrected chi connectivity index (χ4v) is 1.95. The molecule has 0 aliphatic heterocycles. The topological polar surface area (TPSA) is 109 Å². The molecule has 1 aromatic heterocycles. The molecule has 100 valence electrons. The smallest absolute Gasteiger partial charge is 0.182 e. The molecule has 6 nitrogen and oxygen atoms in total. The lowest BCUT2D eigenvalue weighted by Gasteiger charge is -2.04. The highest BCUT2D eigenvalue weighted by atomic mass is 15.4. The van der Waals surface area contributed by atoms with E-state index in [1.807, 2.05) is 24.3 Å². The second-order valence-electron chi connectivity index (χ2n) is 4.46. The lowest BCUT2D eigenvalue weighted by Crippen LogP contribution is -2.11. The Hall–Kier alpha value is -3.02. The Morgan fingerprint density at radius 1 is 0.650 bits per heavy atom. The van der Waals surface area contributed by atoms with E-state index in [2.05, 4.69) is 10.2 Å². The van der Waals surface area contributed by atoms with Crippen LogP contribution in [0, 0.1) is 0 Å². The van der Waals surface area contributed by atoms with E-state index in [4.69, 9.17) is 17.3 Å². The average Bonchev–Trinajstić information content (AvgIpc) is 2.83. The lowest BCUT2D eigenvalue weighted by molar-refractivity contribution is 1.02. The van der Waals surface area contributed by atoms with Crippen LogP contribution in [0.5, 0.6) is 0 Å². The molecule has 0 aliphatic rings. The van der Waals surface area contributed by atoms with Gasteiger partial charge in [0.05, 0.1) is 0 Å². The highest BCUT2D eigenvalue weighted by molar-refractivity contribution is 5.65. The minimum atomic E-state index is 0.580. The molecule has 0 saturated heterocycles. The first kappa shape index (κ1) is 12.0. The van der Waals surface area contributed by atoms with Gasteiger partial charge in [-0.2, -0.15) is 0 Å². The molecule has 6 heteroatoms. The molecular weight excluding hydrogens is 252 g/mol. The minimum Gasteiger partial charge on any atom is -0.399 e. The van der Waals surface area contributed by atoms with Gasteiger partial charge >= 0.3 is 0 Å². The molecule has 0 spiro atoms. The third-order valence-corrected chi connectivity index (χ3v) is 3.03. The van der Waals surface area contributed by atoms with Gasteiger partial charge in [0.1, 0.15) is 0 Å². The molecule has 0 amide bonds. The molecule has 6 N–H and O–H groups in total. The van der Waals surface area contributed by atoms with E-state index in [1.165, 1.54) is 4.68 Å². The van der Waals surface area contributed by atoms with E-state index in [0.29, 0.717) is 23.0 Å². The van der Waals surface area contributed by atoms with Gasteiger partial charge in [-0.15, -0.1) is 10.2 Å². The largest absolute Gasteiger partial charge is 0.399 e. The maximum absolute atomic E-state index is 6.07. The average molecular weight is 266 g/mol. The zero-order valence-electron chi connectivity index (χ0n) is 10.7. The van der Waals surface area contributed by atoms with Crippen molar-refractivity contribution < 1.29 is 0 Å². The molecule has 0 radical (unpaired) electrons. The van der Waals surface area contributed by atoms with Crippen LogP contribution in [0.1, 0.15) is 0 Å². The Kier molecular flexibility index (Phi) is 2.76. The number of nitrogens with zero attached hydrogens (tertiary/aromatic N) is 3. The van der Waals surface area contributed by atoms with Gasteiger partial charge in [0.2, 0.25) is 0 Å². The number of aromatic nitrogens is 3. The molecule has 0 fully saturated rings. The van der Waals surface area contributed by atoms with Gasteiger partial charge in [-0.3, -0.25) is 0 Å². The SMILES string of the molecule is Nc1ccc(-c2nnc(-c3ccc(N)cc3)n2N)cc1. The molecule has 0 saturated carbocycles. The van der Waals surface area contributed by atoms with Crippen molar-refractivity contribution in [3.05, 3.63) is 48.5 Å². The highest BCUT2D eigenvalue weighted by Crippen LogP contribution is 2.23. The highest BCUT2D eigenvalue weighted by Gasteiger charge is 2.12. The third-order valence-electron chi connectivity index (χ3n) is 3.03. The second-order valence-corrected chi connectivity index (χ2v) is 4.46. The molecule has 3 rings (SSSR count). The van der Waals surface area contributed by atoms with Crippen LogP contribution < -0.4 is 17.3 Å². The van der Waals surface area contributed by atoms with Gasteiger partial charge in [-0.05, 0) is 48.5 Å². The molecule has 3 aromatic rings. The zero-order chi connectivity index (χ0) is 14.1. The first-order chi connectivity index (χ1) is 9.65. The van der Waals surface area contributed by atoms with Crippen LogP contribution >= 0.6 is 0 Å². The van der Waals surface area contributed by atoms with Crippen LogP contribution in [0.25, 0.3) is 22.8 Å². The molecule has 2 aromatic carbocycles. The Labute approximate surface area is 115 Å². The van der Waals surface area contributed by atoms with Gasteiger partial charge in [-0.25, -0.2) is 4.68 Å². The van der Waals surface area contributed by atoms with Crippen molar-refractivity contribution in [2.24, 2.45) is 0 Å². The van der Waals surface area contributed by atoms with Crippen molar-refractivity contribution in [1.82, 2.24) is 14.9 Å². The van der Waals surface area contributed by atoms with Crippen molar-refractivity contribution in [1.29, 1.82) is 0 Å². The molecular formula is C14H14N6. The van der Waals surface area contributed by atoms with Gasteiger partial charge in [-0.1, -0.05) is 0 Å². The predicted octanol–water partition coefficient (Wildman–Crippen LogP) is 1.49. The monoisotopic (exact) mass is 266 g/mol. The van der Waals surface area contributed by atoms with Crippen molar-refractivity contribution in [2.45, 2.75) is 0 Å². The Balaban J connectivity index is 2.04. The summed E-state index contributed by atoms with van der Waals surface area (Å²) in [5.41, 5.74) is 14.4. The maximum Gasteiger partial charge on any atom is 0.182 e. The van der Waals surface area contributed by atoms with E-state index in [0.717, 1.165) is 11.1 Å². The Morgan fingerprint density at radius 3 is 1.35 bits per heavy atom. The van der Waals surface area contributed by atoms with Crippen LogP contribution in [0.3, 0.4) is 0 Å². The van der Waals surface area contributed by atoms with Crippen LogP contribution in [-0.2, 0) is 0 Å². The van der Waals surface area contributed by atoms with Crippen molar-refractivity contribution in [3.63, 3.8) is 0 Å². The van der Waals surface area contributed by atoms with Gasteiger partial charge < -0.3 is 17.3 Å². The number of hydrogen-bond acceptors (Lipinski definition) is 5. The van der Waals surface area contributed by atoms with Crippen molar-refractivity contribution in [3.8, 4) is 22.8 Å². The quantitative estimate of drug-likeness (QED) is 0.481. The fraction of sp³-hybridized carbons (Fsp3) is 0. The van der Waals surface area contributed by atoms with Crippen LogP contribution in [0.15, 0.2) is 48.5 Å². The minimum absolute atomic E-state index is 0.580. The van der Waals surface area contributed by atoms with Gasteiger partial charge in [0.15, 0.2) is 11.6 Å². The first-order valence-corrected chi connectivity index (χ1v) is 6.07. The maximum atomic E-state index is 6.07. The normalized spacial score (nSPS) is 10.6. The Morgan fingerprint density at radius 2 is 1.00 bits per heavy atom. The molecule has 0 atom stereocenters. The standard InChI is InChI=1S/C14H14N6/c15-11-5-1-9(2-6-11)13-18-19-14(20(13)17)10-3-7-12(16)8-4-10/h1-8H,15-17H2. The predicted molar refractivity (Wildman–Crippen MR) is 79.9 cm³/mol. The molecule has 0 aliphatic carbocycles. The van der Waals surface area contributed by atoms with E-state index >= 15 is 0 Å². The molecule has 0 bridgehead atoms. The summed E-state index contributed by atoms with van der Waals surface area (Å²) in [5, 5.41) is 8.26. The number of anilines is 2. The lowest BCUT2D eigenvalue weighted by atomic mass is 10.2. The number of nitrogens with two attached hydrogens (primary N) is 3. The summed E-state index contributed by atoms with van der Waals surface area (Å²) in [7, 11) is 0. The van der Waals surface area contributed by atoms with E-state index in [-0.39, 0.29) is 0 Å². The van der Waals surface area contributed by atoms with Crippen molar-refractivity contribution in [2.75, 3.05) is 17.3 Å². The number of benzene rings is 2. The van der Waals surface area contributed by atoms with E-state index in [1.54, 1.807) is 24.3 Å². The summed E-state index contributed by atoms with van der Waals surface area (Å²) in [4.78, 5) is 0. The van der Waals surface area contributed by atoms with Crippen LogP contribution in [0.2, 0.25) is 0 Å². The summed E-state index contributed by atoms with van der Waals surface area (Å²) in [6, 6.07) is 14.6. The summed E-state index contributed by atoms with van der Waals surface area (Å²) in [6.07, 6.45) is 0. The summed E-state index contributed by atoms with van der Waals surface area (Å²) in [6.45, 7) is 0. The second kappa shape index (κ2) is 4.58. The van der Waals surface area contributed by atoms with E-state index < -0.39 is 0 Å². The summed E-state index contributed by atoms with van der Waals surface area (Å²) in [5.74, 6) is 7.23. The molecule has 20 heavy (non-hydrogen) atoms. The van der Waals surface area contributed by atoms with E-state index in [9.17, 15) is 0 Å². The molecule has 0 unspecified atom stereocenters. The third kappa shape index (κ3) is 2.03.